The average molecular weight is 422 g/mol. The highest BCUT2D eigenvalue weighted by Crippen LogP contribution is 2.46. The largest absolute Gasteiger partial charge is 0.325 e. The second-order valence-electron chi connectivity index (χ2n) is 8.32. The van der Waals surface area contributed by atoms with Gasteiger partial charge in [-0.15, -0.1) is 0 Å². The lowest BCUT2D eigenvalue weighted by Crippen LogP contribution is -2.54. The fraction of sp³-hybridized carbons (Fsp3) is 0.526. The van der Waals surface area contributed by atoms with E-state index in [9.17, 15) is 14.4 Å². The van der Waals surface area contributed by atoms with Crippen molar-refractivity contribution in [3.63, 3.8) is 0 Å². The zero-order valence-electron chi connectivity index (χ0n) is 15.3. The van der Waals surface area contributed by atoms with Crippen molar-refractivity contribution >= 4 is 39.5 Å². The summed E-state index contributed by atoms with van der Waals surface area (Å²) >= 11 is 3.34. The molecule has 2 atom stereocenters. The van der Waals surface area contributed by atoms with Crippen molar-refractivity contribution in [1.82, 2.24) is 10.2 Å². The van der Waals surface area contributed by atoms with Crippen LogP contribution in [0.15, 0.2) is 28.7 Å². The predicted octanol–water partition coefficient (Wildman–Crippen LogP) is 3.52. The number of benzene rings is 1. The minimum absolute atomic E-state index is 0.0325. The smallest absolute Gasteiger partial charge is 0.324 e. The van der Waals surface area contributed by atoms with E-state index >= 15 is 0 Å². The van der Waals surface area contributed by atoms with Crippen molar-refractivity contribution < 1.29 is 14.4 Å². The molecule has 7 heteroatoms. The van der Waals surface area contributed by atoms with E-state index < -0.39 is 17.5 Å². The summed E-state index contributed by atoms with van der Waals surface area (Å²) in [7, 11) is 0. The van der Waals surface area contributed by atoms with Crippen LogP contribution in [0.5, 0.6) is 0 Å². The molecular formula is C19H24BrN3O3. The van der Waals surface area contributed by atoms with E-state index in [1.807, 2.05) is 6.07 Å². The monoisotopic (exact) mass is 421 g/mol. The highest BCUT2D eigenvalue weighted by molar-refractivity contribution is 9.10. The molecule has 4 amide bonds. The minimum Gasteiger partial charge on any atom is -0.324 e. The summed E-state index contributed by atoms with van der Waals surface area (Å²) in [5, 5.41) is 5.61. The molecule has 1 aromatic rings. The van der Waals surface area contributed by atoms with Gasteiger partial charge in [0.15, 0.2) is 0 Å². The van der Waals surface area contributed by atoms with Crippen LogP contribution in [-0.4, -0.2) is 34.8 Å². The number of nitrogens with one attached hydrogen (secondary N) is 2. The van der Waals surface area contributed by atoms with Gasteiger partial charge in [0.1, 0.15) is 12.1 Å². The zero-order valence-corrected chi connectivity index (χ0v) is 16.9. The number of amides is 4. The van der Waals surface area contributed by atoms with Gasteiger partial charge < -0.3 is 10.6 Å². The molecule has 3 rings (SSSR count). The van der Waals surface area contributed by atoms with E-state index in [4.69, 9.17) is 0 Å². The number of imide groups is 1. The molecule has 2 aliphatic rings. The fourth-order valence-corrected chi connectivity index (χ4v) is 4.96. The van der Waals surface area contributed by atoms with Crippen LogP contribution in [0.4, 0.5) is 10.5 Å². The van der Waals surface area contributed by atoms with Crippen LogP contribution in [-0.2, 0) is 9.59 Å². The quantitative estimate of drug-likeness (QED) is 0.732. The Balaban J connectivity index is 1.72. The molecule has 0 unspecified atom stereocenters. The Morgan fingerprint density at radius 3 is 2.73 bits per heavy atom. The second kappa shape index (κ2) is 6.68. The van der Waals surface area contributed by atoms with Crippen molar-refractivity contribution in [2.45, 2.75) is 45.6 Å². The third-order valence-corrected chi connectivity index (χ3v) is 5.53. The van der Waals surface area contributed by atoms with Crippen molar-refractivity contribution in [1.29, 1.82) is 0 Å². The fourth-order valence-electron chi connectivity index (χ4n) is 4.56. The number of carbonyl (C=O) groups excluding carboxylic acids is 3. The van der Waals surface area contributed by atoms with Crippen LogP contribution in [0.25, 0.3) is 0 Å². The lowest BCUT2D eigenvalue weighted by Gasteiger charge is -2.43. The van der Waals surface area contributed by atoms with Gasteiger partial charge >= 0.3 is 6.03 Å². The van der Waals surface area contributed by atoms with Crippen molar-refractivity contribution in [2.75, 3.05) is 11.9 Å². The Hall–Kier alpha value is -1.89. The standard InChI is InChI=1S/C19H24BrN3O3/c1-12-8-18(2,3)11-19(9-12)16(25)23(17(26)22-19)10-15(24)21-14-6-4-5-13(20)7-14/h4-7,12H,8-11H2,1-3H3,(H,21,24)(H,22,26)/t12-,19+/m0/s1. The van der Waals surface area contributed by atoms with Gasteiger partial charge in [0.25, 0.3) is 5.91 Å². The number of hydrogen-bond acceptors (Lipinski definition) is 3. The molecule has 0 bridgehead atoms. The highest BCUT2D eigenvalue weighted by Gasteiger charge is 2.56. The van der Waals surface area contributed by atoms with Crippen molar-refractivity contribution in [2.24, 2.45) is 11.3 Å². The first-order valence-electron chi connectivity index (χ1n) is 8.80. The predicted molar refractivity (Wildman–Crippen MR) is 103 cm³/mol. The lowest BCUT2D eigenvalue weighted by atomic mass is 9.64. The number of halogens is 1. The maximum absolute atomic E-state index is 13.0. The first-order valence-corrected chi connectivity index (χ1v) is 9.59. The third-order valence-electron chi connectivity index (χ3n) is 5.03. The highest BCUT2D eigenvalue weighted by atomic mass is 79.9. The molecule has 1 heterocycles. The molecule has 0 aromatic heterocycles. The van der Waals surface area contributed by atoms with Crippen LogP contribution in [0.3, 0.4) is 0 Å². The zero-order chi connectivity index (χ0) is 19.1. The Morgan fingerprint density at radius 1 is 1.35 bits per heavy atom. The van der Waals surface area contributed by atoms with E-state index in [1.165, 1.54) is 0 Å². The number of rotatable bonds is 3. The van der Waals surface area contributed by atoms with Crippen LogP contribution < -0.4 is 10.6 Å². The number of carbonyl (C=O) groups is 3. The van der Waals surface area contributed by atoms with Gasteiger partial charge in [-0.2, -0.15) is 0 Å². The summed E-state index contributed by atoms with van der Waals surface area (Å²) in [5.74, 6) is -0.350. The van der Waals surface area contributed by atoms with E-state index in [1.54, 1.807) is 18.2 Å². The Kier molecular flexibility index (Phi) is 4.86. The van der Waals surface area contributed by atoms with Crippen LogP contribution in [0.1, 0.15) is 40.0 Å². The summed E-state index contributed by atoms with van der Waals surface area (Å²) in [6.45, 7) is 6.05. The summed E-state index contributed by atoms with van der Waals surface area (Å²) in [5.41, 5.74) is -0.303. The van der Waals surface area contributed by atoms with Gasteiger partial charge in [-0.25, -0.2) is 4.79 Å². The molecule has 1 aliphatic carbocycles. The van der Waals surface area contributed by atoms with Crippen LogP contribution in [0.2, 0.25) is 0 Å². The summed E-state index contributed by atoms with van der Waals surface area (Å²) in [6, 6.07) is 6.68. The maximum atomic E-state index is 13.0. The summed E-state index contributed by atoms with van der Waals surface area (Å²) in [4.78, 5) is 38.8. The molecule has 1 saturated heterocycles. The van der Waals surface area contributed by atoms with Crippen molar-refractivity contribution in [3.8, 4) is 0 Å². The van der Waals surface area contributed by atoms with Gasteiger partial charge in [0.2, 0.25) is 5.91 Å². The summed E-state index contributed by atoms with van der Waals surface area (Å²) in [6.07, 6.45) is 2.23. The second-order valence-corrected chi connectivity index (χ2v) is 9.23. The van der Waals surface area contributed by atoms with E-state index in [0.717, 1.165) is 15.8 Å². The molecule has 2 fully saturated rings. The molecule has 0 radical (unpaired) electrons. The first-order chi connectivity index (χ1) is 12.1. The molecule has 1 aliphatic heterocycles. The Bertz CT molecular complexity index is 764. The molecule has 1 aromatic carbocycles. The molecule has 6 nitrogen and oxygen atoms in total. The molecular weight excluding hydrogens is 398 g/mol. The van der Waals surface area contributed by atoms with E-state index in [0.29, 0.717) is 24.4 Å². The van der Waals surface area contributed by atoms with E-state index in [2.05, 4.69) is 47.3 Å². The minimum atomic E-state index is -0.881. The van der Waals surface area contributed by atoms with E-state index in [-0.39, 0.29) is 17.9 Å². The Morgan fingerprint density at radius 2 is 2.08 bits per heavy atom. The number of nitrogens with zero attached hydrogens (tertiary/aromatic N) is 1. The number of hydrogen-bond donors (Lipinski definition) is 2. The molecule has 140 valence electrons. The van der Waals surface area contributed by atoms with Gasteiger partial charge in [0.05, 0.1) is 0 Å². The van der Waals surface area contributed by atoms with Gasteiger partial charge in [0, 0.05) is 10.2 Å². The van der Waals surface area contributed by atoms with Crippen LogP contribution in [0, 0.1) is 11.3 Å². The topological polar surface area (TPSA) is 78.5 Å². The van der Waals surface area contributed by atoms with Crippen LogP contribution >= 0.6 is 15.9 Å². The average Bonchev–Trinajstić information content (AvgIpc) is 2.68. The molecule has 2 N–H and O–H groups in total. The lowest BCUT2D eigenvalue weighted by molar-refractivity contribution is -0.136. The first kappa shape index (κ1) is 18.9. The molecule has 1 spiro atoms. The SMILES string of the molecule is C[C@H]1CC(C)(C)C[C@@]2(C1)NC(=O)N(CC(=O)Nc1cccc(Br)c1)C2=O. The normalized spacial score (nSPS) is 27.5. The number of urea groups is 1. The van der Waals surface area contributed by atoms with Gasteiger partial charge in [-0.1, -0.05) is 42.8 Å². The molecule has 1 saturated carbocycles. The third kappa shape index (κ3) is 3.77. The van der Waals surface area contributed by atoms with Crippen molar-refractivity contribution in [3.05, 3.63) is 28.7 Å². The van der Waals surface area contributed by atoms with Gasteiger partial charge in [-0.3, -0.25) is 14.5 Å². The van der Waals surface area contributed by atoms with Gasteiger partial charge in [-0.05, 0) is 48.8 Å². The number of anilines is 1. The summed E-state index contributed by atoms with van der Waals surface area (Å²) < 4.78 is 0.836. The molecule has 26 heavy (non-hydrogen) atoms. The maximum Gasteiger partial charge on any atom is 0.325 e. The Labute approximate surface area is 161 Å².